The molecule has 17 heavy (non-hydrogen) atoms. The quantitative estimate of drug-likeness (QED) is 0.552. The second-order valence-corrected chi connectivity index (χ2v) is 7.79. The normalized spacial score (nSPS) is 26.1. The van der Waals surface area contributed by atoms with Crippen molar-refractivity contribution in [3.63, 3.8) is 0 Å². The maximum Gasteiger partial charge on any atom is 0.500 e. The summed E-state index contributed by atoms with van der Waals surface area (Å²) in [4.78, 5) is 0. The molecule has 0 aromatic carbocycles. The highest BCUT2D eigenvalue weighted by atomic mass is 32.1. The van der Waals surface area contributed by atoms with Gasteiger partial charge in [0.05, 0.1) is 12.2 Å². The lowest BCUT2D eigenvalue weighted by Crippen LogP contribution is -2.50. The number of aliphatic hydroxyl groups is 1. The first-order chi connectivity index (χ1) is 8.17. The SMILES string of the molecule is CO[Si](CCCS)(OC)OC1CCCCC1O. The van der Waals surface area contributed by atoms with Gasteiger partial charge in [-0.1, -0.05) is 12.8 Å². The molecule has 0 radical (unpaired) electrons. The van der Waals surface area contributed by atoms with E-state index in [2.05, 4.69) is 12.6 Å². The van der Waals surface area contributed by atoms with Gasteiger partial charge >= 0.3 is 8.80 Å². The molecule has 1 N–H and O–H groups in total. The van der Waals surface area contributed by atoms with Gasteiger partial charge in [-0.05, 0) is 25.0 Å². The molecule has 2 atom stereocenters. The predicted octanol–water partition coefficient (Wildman–Crippen LogP) is 1.86. The van der Waals surface area contributed by atoms with E-state index in [1.165, 1.54) is 0 Å². The summed E-state index contributed by atoms with van der Waals surface area (Å²) in [5, 5.41) is 9.92. The predicted molar refractivity (Wildman–Crippen MR) is 72.4 cm³/mol. The molecule has 0 amide bonds. The van der Waals surface area contributed by atoms with Gasteiger partial charge in [0.15, 0.2) is 0 Å². The molecule has 1 aliphatic carbocycles. The Morgan fingerprint density at radius 3 is 2.41 bits per heavy atom. The highest BCUT2D eigenvalue weighted by Crippen LogP contribution is 2.27. The molecule has 0 spiro atoms. The molecule has 102 valence electrons. The number of hydrogen-bond acceptors (Lipinski definition) is 5. The molecule has 2 unspecified atom stereocenters. The fraction of sp³-hybridized carbons (Fsp3) is 1.00. The van der Waals surface area contributed by atoms with Crippen molar-refractivity contribution in [2.45, 2.75) is 50.4 Å². The third kappa shape index (κ3) is 4.53. The summed E-state index contributed by atoms with van der Waals surface area (Å²) >= 11 is 4.20. The summed E-state index contributed by atoms with van der Waals surface area (Å²) in [6, 6.07) is 0.757. The van der Waals surface area contributed by atoms with E-state index in [1.807, 2.05) is 0 Å². The summed E-state index contributed by atoms with van der Waals surface area (Å²) in [7, 11) is 0.654. The van der Waals surface area contributed by atoms with E-state index in [0.29, 0.717) is 0 Å². The van der Waals surface area contributed by atoms with Crippen molar-refractivity contribution in [1.82, 2.24) is 0 Å². The first kappa shape index (κ1) is 15.5. The van der Waals surface area contributed by atoms with Gasteiger partial charge < -0.3 is 18.4 Å². The van der Waals surface area contributed by atoms with Crippen LogP contribution in [0.5, 0.6) is 0 Å². The van der Waals surface area contributed by atoms with Crippen molar-refractivity contribution in [2.24, 2.45) is 0 Å². The Kier molecular flexibility index (Phi) is 7.06. The van der Waals surface area contributed by atoms with Crippen LogP contribution in [0.1, 0.15) is 32.1 Å². The zero-order valence-electron chi connectivity index (χ0n) is 10.7. The first-order valence-electron chi connectivity index (χ1n) is 6.24. The summed E-state index contributed by atoms with van der Waals surface area (Å²) in [6.07, 6.45) is 4.28. The highest BCUT2D eigenvalue weighted by molar-refractivity contribution is 7.80. The molecular weight excluding hydrogens is 256 g/mol. The van der Waals surface area contributed by atoms with Crippen molar-refractivity contribution in [3.05, 3.63) is 0 Å². The molecule has 1 fully saturated rings. The topological polar surface area (TPSA) is 47.9 Å². The smallest absolute Gasteiger partial charge is 0.390 e. The summed E-state index contributed by atoms with van der Waals surface area (Å²) in [5.74, 6) is 0.790. The van der Waals surface area contributed by atoms with Crippen molar-refractivity contribution in [1.29, 1.82) is 0 Å². The molecule has 0 aromatic heterocycles. The minimum atomic E-state index is -2.60. The number of thiol groups is 1. The van der Waals surface area contributed by atoms with Gasteiger partial charge in [0.2, 0.25) is 0 Å². The lowest BCUT2D eigenvalue weighted by atomic mass is 9.95. The molecule has 0 aliphatic heterocycles. The van der Waals surface area contributed by atoms with Gasteiger partial charge in [-0.15, -0.1) is 0 Å². The number of aliphatic hydroxyl groups excluding tert-OH is 1. The van der Waals surface area contributed by atoms with Crippen LogP contribution in [0.25, 0.3) is 0 Å². The minimum absolute atomic E-state index is 0.129. The van der Waals surface area contributed by atoms with Crippen molar-refractivity contribution < 1.29 is 18.4 Å². The van der Waals surface area contributed by atoms with E-state index in [-0.39, 0.29) is 12.2 Å². The van der Waals surface area contributed by atoms with E-state index in [0.717, 1.165) is 43.9 Å². The zero-order valence-corrected chi connectivity index (χ0v) is 12.6. The van der Waals surface area contributed by atoms with E-state index >= 15 is 0 Å². The monoisotopic (exact) mass is 280 g/mol. The molecule has 0 heterocycles. The maximum atomic E-state index is 9.92. The zero-order chi connectivity index (χ0) is 12.7. The van der Waals surface area contributed by atoms with Gasteiger partial charge in [-0.2, -0.15) is 12.6 Å². The summed E-state index contributed by atoms with van der Waals surface area (Å²) in [6.45, 7) is 0. The van der Waals surface area contributed by atoms with Crippen LogP contribution in [0.2, 0.25) is 6.04 Å². The van der Waals surface area contributed by atoms with E-state index < -0.39 is 8.80 Å². The molecule has 1 saturated carbocycles. The van der Waals surface area contributed by atoms with Crippen LogP contribution < -0.4 is 0 Å². The van der Waals surface area contributed by atoms with Gasteiger partial charge in [-0.3, -0.25) is 0 Å². The Bertz CT molecular complexity index is 214. The number of hydrogen-bond donors (Lipinski definition) is 2. The van der Waals surface area contributed by atoms with Crippen LogP contribution >= 0.6 is 12.6 Å². The van der Waals surface area contributed by atoms with Gasteiger partial charge in [0.1, 0.15) is 0 Å². The molecule has 0 bridgehead atoms. The van der Waals surface area contributed by atoms with Crippen LogP contribution in [0.3, 0.4) is 0 Å². The fourth-order valence-electron chi connectivity index (χ4n) is 2.18. The molecule has 0 saturated heterocycles. The largest absolute Gasteiger partial charge is 0.500 e. The van der Waals surface area contributed by atoms with Crippen LogP contribution in [-0.2, 0) is 13.3 Å². The standard InChI is InChI=1S/C11H24O4SSi/c1-13-17(14-2,9-5-8-16)15-11-7-4-3-6-10(11)12/h10-12,16H,3-9H2,1-2H3. The van der Waals surface area contributed by atoms with Gasteiger partial charge in [0.25, 0.3) is 0 Å². The Hall–Kier alpha value is 0.407. The molecular formula is C11H24O4SSi. The molecule has 1 aliphatic rings. The van der Waals surface area contributed by atoms with Crippen LogP contribution in [0, 0.1) is 0 Å². The first-order valence-corrected chi connectivity index (χ1v) is 8.81. The Morgan fingerprint density at radius 1 is 1.24 bits per heavy atom. The van der Waals surface area contributed by atoms with Crippen LogP contribution in [0.15, 0.2) is 0 Å². The lowest BCUT2D eigenvalue weighted by Gasteiger charge is -2.35. The minimum Gasteiger partial charge on any atom is -0.390 e. The second-order valence-electron chi connectivity index (χ2n) is 4.43. The Balaban J connectivity index is 2.57. The maximum absolute atomic E-state index is 9.92. The lowest BCUT2D eigenvalue weighted by molar-refractivity contribution is -0.0378. The Morgan fingerprint density at radius 2 is 1.88 bits per heavy atom. The molecule has 1 rings (SSSR count). The summed E-state index contributed by atoms with van der Waals surface area (Å²) < 4.78 is 17.0. The van der Waals surface area contributed by atoms with E-state index in [1.54, 1.807) is 14.2 Å². The third-order valence-electron chi connectivity index (χ3n) is 3.26. The van der Waals surface area contributed by atoms with E-state index in [9.17, 15) is 5.11 Å². The number of rotatable bonds is 7. The van der Waals surface area contributed by atoms with Crippen molar-refractivity contribution in [3.8, 4) is 0 Å². The van der Waals surface area contributed by atoms with Gasteiger partial charge in [-0.25, -0.2) is 0 Å². The third-order valence-corrected chi connectivity index (χ3v) is 6.45. The highest BCUT2D eigenvalue weighted by Gasteiger charge is 2.42. The van der Waals surface area contributed by atoms with E-state index in [4.69, 9.17) is 13.3 Å². The van der Waals surface area contributed by atoms with Crippen molar-refractivity contribution in [2.75, 3.05) is 20.0 Å². The average Bonchev–Trinajstić information content (AvgIpc) is 2.37. The summed E-state index contributed by atoms with van der Waals surface area (Å²) in [5.41, 5.74) is 0. The van der Waals surface area contributed by atoms with Crippen LogP contribution in [0.4, 0.5) is 0 Å². The average molecular weight is 280 g/mol. The fourth-order valence-corrected chi connectivity index (χ4v) is 4.87. The molecule has 6 heteroatoms. The van der Waals surface area contributed by atoms with Crippen molar-refractivity contribution >= 4 is 21.4 Å². The Labute approximate surface area is 110 Å². The molecule has 0 aromatic rings. The second kappa shape index (κ2) is 7.76. The molecule has 4 nitrogen and oxygen atoms in total. The van der Waals surface area contributed by atoms with Crippen LogP contribution in [-0.4, -0.2) is 46.1 Å². The van der Waals surface area contributed by atoms with Gasteiger partial charge in [0, 0.05) is 20.3 Å².